The molecule has 0 aromatic heterocycles. The number of rotatable bonds is 3. The first-order chi connectivity index (χ1) is 4.89. The lowest BCUT2D eigenvalue weighted by atomic mass is 10.1. The monoisotopic (exact) mass is 158 g/mol. The van der Waals surface area contributed by atoms with Gasteiger partial charge in [-0.1, -0.05) is 13.8 Å². The van der Waals surface area contributed by atoms with Crippen LogP contribution in [-0.4, -0.2) is 17.9 Å². The molecule has 0 unspecified atom stereocenters. The number of hydrogen-bond donors (Lipinski definition) is 0. The highest BCUT2D eigenvalue weighted by Gasteiger charge is 2.22. The molecular weight excluding hydrogens is 144 g/mol. The van der Waals surface area contributed by atoms with E-state index in [0.29, 0.717) is 6.29 Å². The van der Waals surface area contributed by atoms with Gasteiger partial charge >= 0.3 is 5.97 Å². The molecule has 0 rings (SSSR count). The van der Waals surface area contributed by atoms with Crippen molar-refractivity contribution in [2.45, 2.75) is 33.3 Å². The average molecular weight is 158 g/mol. The van der Waals surface area contributed by atoms with E-state index in [2.05, 4.69) is 0 Å². The standard InChI is InChI=1S/C8H14O3/c1-6(2)7(10)11-8(3,4)5-9/h5-6H,1-4H3. The summed E-state index contributed by atoms with van der Waals surface area (Å²) < 4.78 is 4.84. The fourth-order valence-corrected chi connectivity index (χ4v) is 0.401. The molecule has 11 heavy (non-hydrogen) atoms. The Morgan fingerprint density at radius 1 is 1.45 bits per heavy atom. The van der Waals surface area contributed by atoms with Crippen LogP contribution in [0.2, 0.25) is 0 Å². The van der Waals surface area contributed by atoms with Gasteiger partial charge in [-0.3, -0.25) is 9.59 Å². The summed E-state index contributed by atoms with van der Waals surface area (Å²) in [4.78, 5) is 21.2. The van der Waals surface area contributed by atoms with Crippen molar-refractivity contribution in [1.29, 1.82) is 0 Å². The van der Waals surface area contributed by atoms with Gasteiger partial charge in [0.1, 0.15) is 0 Å². The summed E-state index contributed by atoms with van der Waals surface area (Å²) in [5.74, 6) is -0.531. The smallest absolute Gasteiger partial charge is 0.309 e. The van der Waals surface area contributed by atoms with E-state index in [-0.39, 0.29) is 11.9 Å². The minimum atomic E-state index is -0.985. The summed E-state index contributed by atoms with van der Waals surface area (Å²) >= 11 is 0. The minimum Gasteiger partial charge on any atom is -0.452 e. The summed E-state index contributed by atoms with van der Waals surface area (Å²) in [6.07, 6.45) is 0.618. The number of esters is 1. The largest absolute Gasteiger partial charge is 0.452 e. The molecule has 64 valence electrons. The Morgan fingerprint density at radius 2 is 1.91 bits per heavy atom. The first kappa shape index (κ1) is 10.1. The van der Waals surface area contributed by atoms with Gasteiger partial charge in [-0.15, -0.1) is 0 Å². The molecular formula is C8H14O3. The second-order valence-corrected chi connectivity index (χ2v) is 3.30. The highest BCUT2D eigenvalue weighted by atomic mass is 16.6. The lowest BCUT2D eigenvalue weighted by Crippen LogP contribution is -2.31. The molecule has 0 heterocycles. The van der Waals surface area contributed by atoms with Gasteiger partial charge < -0.3 is 4.74 Å². The van der Waals surface area contributed by atoms with E-state index >= 15 is 0 Å². The van der Waals surface area contributed by atoms with Crippen molar-refractivity contribution in [1.82, 2.24) is 0 Å². The zero-order chi connectivity index (χ0) is 9.07. The first-order valence-electron chi connectivity index (χ1n) is 3.58. The Bertz CT molecular complexity index is 159. The molecule has 3 heteroatoms. The normalized spacial score (nSPS) is 11.4. The molecule has 0 saturated carbocycles. The molecule has 0 aromatic rings. The van der Waals surface area contributed by atoms with Gasteiger partial charge in [0.25, 0.3) is 0 Å². The molecule has 0 amide bonds. The van der Waals surface area contributed by atoms with Crippen molar-refractivity contribution in [2.24, 2.45) is 5.92 Å². The summed E-state index contributed by atoms with van der Waals surface area (Å²) in [7, 11) is 0. The zero-order valence-corrected chi connectivity index (χ0v) is 7.38. The number of carbonyl (C=O) groups excluding carboxylic acids is 2. The van der Waals surface area contributed by atoms with Crippen LogP contribution in [0.4, 0.5) is 0 Å². The van der Waals surface area contributed by atoms with Gasteiger partial charge in [0.05, 0.1) is 5.92 Å². The maximum Gasteiger partial charge on any atom is 0.309 e. The summed E-state index contributed by atoms with van der Waals surface area (Å²) in [5, 5.41) is 0. The second-order valence-electron chi connectivity index (χ2n) is 3.30. The van der Waals surface area contributed by atoms with Crippen molar-refractivity contribution in [3.63, 3.8) is 0 Å². The van der Waals surface area contributed by atoms with Crippen molar-refractivity contribution in [2.75, 3.05) is 0 Å². The van der Waals surface area contributed by atoms with Gasteiger partial charge in [-0.05, 0) is 13.8 Å². The number of hydrogen-bond acceptors (Lipinski definition) is 3. The van der Waals surface area contributed by atoms with Crippen LogP contribution in [0.3, 0.4) is 0 Å². The SMILES string of the molecule is CC(C)C(=O)OC(C)(C)C=O. The fourth-order valence-electron chi connectivity index (χ4n) is 0.401. The van der Waals surface area contributed by atoms with Crippen LogP contribution in [-0.2, 0) is 14.3 Å². The summed E-state index contributed by atoms with van der Waals surface area (Å²) in [5.41, 5.74) is -0.985. The average Bonchev–Trinajstić information content (AvgIpc) is 1.87. The maximum absolute atomic E-state index is 10.9. The van der Waals surface area contributed by atoms with Crippen LogP contribution >= 0.6 is 0 Å². The highest BCUT2D eigenvalue weighted by molar-refractivity contribution is 5.75. The van der Waals surface area contributed by atoms with Crippen LogP contribution < -0.4 is 0 Å². The minimum absolute atomic E-state index is 0.186. The molecule has 0 atom stereocenters. The predicted octanol–water partition coefficient (Wildman–Crippen LogP) is 1.16. The van der Waals surface area contributed by atoms with E-state index < -0.39 is 5.60 Å². The second kappa shape index (κ2) is 3.51. The number of ether oxygens (including phenoxy) is 1. The number of carbonyl (C=O) groups is 2. The van der Waals surface area contributed by atoms with Crippen molar-refractivity contribution < 1.29 is 14.3 Å². The van der Waals surface area contributed by atoms with Crippen LogP contribution in [0.25, 0.3) is 0 Å². The Morgan fingerprint density at radius 3 is 2.18 bits per heavy atom. The van der Waals surface area contributed by atoms with E-state index in [9.17, 15) is 9.59 Å². The van der Waals surface area contributed by atoms with Gasteiger partial charge in [0.2, 0.25) is 0 Å². The molecule has 0 aliphatic carbocycles. The van der Waals surface area contributed by atoms with Crippen molar-refractivity contribution in [3.05, 3.63) is 0 Å². The lowest BCUT2D eigenvalue weighted by molar-refractivity contribution is -0.162. The molecule has 0 bridgehead atoms. The molecule has 3 nitrogen and oxygen atoms in total. The number of aldehydes is 1. The van der Waals surface area contributed by atoms with Crippen LogP contribution in [0.1, 0.15) is 27.7 Å². The Kier molecular flexibility index (Phi) is 3.23. The molecule has 0 aromatic carbocycles. The third-order valence-corrected chi connectivity index (χ3v) is 1.12. The van der Waals surface area contributed by atoms with Crippen LogP contribution in [0.5, 0.6) is 0 Å². The third kappa shape index (κ3) is 3.75. The fraction of sp³-hybridized carbons (Fsp3) is 0.750. The highest BCUT2D eigenvalue weighted by Crippen LogP contribution is 2.08. The Labute approximate surface area is 66.7 Å². The Hall–Kier alpha value is -0.860. The summed E-state index contributed by atoms with van der Waals surface area (Å²) in [6, 6.07) is 0. The van der Waals surface area contributed by atoms with E-state index in [0.717, 1.165) is 0 Å². The summed E-state index contributed by atoms with van der Waals surface area (Å²) in [6.45, 7) is 6.56. The Balaban J connectivity index is 4.04. The van der Waals surface area contributed by atoms with E-state index in [1.54, 1.807) is 27.7 Å². The lowest BCUT2D eigenvalue weighted by Gasteiger charge is -2.19. The molecule has 0 aliphatic heterocycles. The van der Waals surface area contributed by atoms with E-state index in [1.165, 1.54) is 0 Å². The zero-order valence-electron chi connectivity index (χ0n) is 7.38. The predicted molar refractivity (Wildman–Crippen MR) is 41.1 cm³/mol. The van der Waals surface area contributed by atoms with Crippen molar-refractivity contribution >= 4 is 12.3 Å². The van der Waals surface area contributed by atoms with Gasteiger partial charge in [-0.25, -0.2) is 0 Å². The molecule has 0 N–H and O–H groups in total. The van der Waals surface area contributed by atoms with E-state index in [4.69, 9.17) is 4.74 Å². The first-order valence-corrected chi connectivity index (χ1v) is 3.58. The molecule has 0 aliphatic rings. The van der Waals surface area contributed by atoms with Gasteiger partial charge in [-0.2, -0.15) is 0 Å². The quantitative estimate of drug-likeness (QED) is 0.457. The molecule has 0 spiro atoms. The van der Waals surface area contributed by atoms with E-state index in [1.807, 2.05) is 0 Å². The molecule has 0 saturated heterocycles. The maximum atomic E-state index is 10.9. The van der Waals surface area contributed by atoms with Crippen molar-refractivity contribution in [3.8, 4) is 0 Å². The third-order valence-electron chi connectivity index (χ3n) is 1.12. The molecule has 0 radical (unpaired) electrons. The van der Waals surface area contributed by atoms with Gasteiger partial charge in [0.15, 0.2) is 11.9 Å². The van der Waals surface area contributed by atoms with Crippen LogP contribution in [0, 0.1) is 5.92 Å². The topological polar surface area (TPSA) is 43.4 Å². The van der Waals surface area contributed by atoms with Crippen LogP contribution in [0.15, 0.2) is 0 Å². The van der Waals surface area contributed by atoms with Gasteiger partial charge in [0, 0.05) is 0 Å². The molecule has 0 fully saturated rings.